The molecule has 5 heteroatoms. The van der Waals surface area contributed by atoms with Crippen molar-refractivity contribution in [1.29, 1.82) is 5.26 Å². The Bertz CT molecular complexity index is 424. The molecular formula is C12H15N3O2. The summed E-state index contributed by atoms with van der Waals surface area (Å²) in [4.78, 5) is 15.7. The zero-order valence-corrected chi connectivity index (χ0v) is 9.93. The fraction of sp³-hybridized carbons (Fsp3) is 0.417. The van der Waals surface area contributed by atoms with E-state index in [0.717, 1.165) is 0 Å². The van der Waals surface area contributed by atoms with Gasteiger partial charge in [-0.15, -0.1) is 0 Å². The molecule has 0 saturated carbocycles. The smallest absolute Gasteiger partial charge is 0.270 e. The second-order valence-electron chi connectivity index (χ2n) is 3.69. The molecule has 17 heavy (non-hydrogen) atoms. The number of aromatic nitrogens is 1. The average Bonchev–Trinajstić information content (AvgIpc) is 2.28. The lowest BCUT2D eigenvalue weighted by Gasteiger charge is -2.09. The Kier molecular flexibility index (Phi) is 4.95. The van der Waals surface area contributed by atoms with Crippen molar-refractivity contribution < 1.29 is 9.53 Å². The molecule has 0 aliphatic rings. The highest BCUT2D eigenvalue weighted by Gasteiger charge is 2.08. The highest BCUT2D eigenvalue weighted by molar-refractivity contribution is 5.92. The summed E-state index contributed by atoms with van der Waals surface area (Å²) in [7, 11) is 0. The van der Waals surface area contributed by atoms with Crippen LogP contribution in [0.3, 0.4) is 0 Å². The summed E-state index contributed by atoms with van der Waals surface area (Å²) in [5.41, 5.74) is 0.293. The largest absolute Gasteiger partial charge is 0.475 e. The number of hydrogen-bond donors (Lipinski definition) is 1. The van der Waals surface area contributed by atoms with Gasteiger partial charge >= 0.3 is 0 Å². The molecule has 0 aromatic carbocycles. The molecule has 0 saturated heterocycles. The molecule has 1 rings (SSSR count). The van der Waals surface area contributed by atoms with Crippen LogP contribution in [-0.4, -0.2) is 23.5 Å². The summed E-state index contributed by atoms with van der Waals surface area (Å²) in [5.74, 6) is 0.127. The highest BCUT2D eigenvalue weighted by atomic mass is 16.5. The molecule has 1 aromatic rings. The van der Waals surface area contributed by atoms with Crippen LogP contribution in [0.4, 0.5) is 0 Å². The number of pyridine rings is 1. The van der Waals surface area contributed by atoms with Crippen LogP contribution in [0.5, 0.6) is 5.88 Å². The number of nitrogens with zero attached hydrogens (tertiary/aromatic N) is 2. The Labute approximate surface area is 100 Å². The van der Waals surface area contributed by atoms with Crippen molar-refractivity contribution in [3.8, 4) is 11.9 Å². The Balaban J connectivity index is 2.64. The maximum absolute atomic E-state index is 11.6. The number of nitriles is 1. The van der Waals surface area contributed by atoms with Crippen molar-refractivity contribution in [3.05, 3.63) is 23.9 Å². The fourth-order valence-electron chi connectivity index (χ4n) is 1.17. The van der Waals surface area contributed by atoms with E-state index >= 15 is 0 Å². The first kappa shape index (κ1) is 13.0. The molecule has 0 aliphatic carbocycles. The van der Waals surface area contributed by atoms with E-state index in [0.29, 0.717) is 18.1 Å². The second kappa shape index (κ2) is 6.48. The molecule has 0 radical (unpaired) electrons. The van der Waals surface area contributed by atoms with Crippen LogP contribution in [0.1, 0.15) is 30.8 Å². The summed E-state index contributed by atoms with van der Waals surface area (Å²) in [5, 5.41) is 11.0. The first-order chi connectivity index (χ1) is 8.13. The van der Waals surface area contributed by atoms with Crippen LogP contribution in [0.25, 0.3) is 0 Å². The van der Waals surface area contributed by atoms with Crippen LogP contribution in [0.2, 0.25) is 0 Å². The van der Waals surface area contributed by atoms with E-state index in [-0.39, 0.29) is 18.4 Å². The average molecular weight is 233 g/mol. The quantitative estimate of drug-likeness (QED) is 0.782. The van der Waals surface area contributed by atoms with E-state index in [9.17, 15) is 4.79 Å². The number of amides is 1. The standard InChI is InChI=1S/C12H15N3O2/c1-9(2)17-11-6-3-5-10(15-11)12(16)14-8-4-7-13/h3,5-6,9H,4,8H2,1-2H3,(H,14,16). The van der Waals surface area contributed by atoms with Crippen LogP contribution >= 0.6 is 0 Å². The molecule has 90 valence electrons. The van der Waals surface area contributed by atoms with Gasteiger partial charge in [-0.3, -0.25) is 4.79 Å². The minimum atomic E-state index is -0.297. The monoisotopic (exact) mass is 233 g/mol. The van der Waals surface area contributed by atoms with Gasteiger partial charge in [0.1, 0.15) is 5.69 Å². The molecular weight excluding hydrogens is 218 g/mol. The molecule has 1 N–H and O–H groups in total. The van der Waals surface area contributed by atoms with Crippen molar-refractivity contribution >= 4 is 5.91 Å². The molecule has 5 nitrogen and oxygen atoms in total. The van der Waals surface area contributed by atoms with Gasteiger partial charge in [0.15, 0.2) is 0 Å². The van der Waals surface area contributed by atoms with Gasteiger partial charge in [0.05, 0.1) is 18.6 Å². The van der Waals surface area contributed by atoms with E-state index < -0.39 is 0 Å². The summed E-state index contributed by atoms with van der Waals surface area (Å²) < 4.78 is 5.39. The van der Waals surface area contributed by atoms with Crippen LogP contribution in [-0.2, 0) is 0 Å². The molecule has 1 heterocycles. The summed E-state index contributed by atoms with van der Waals surface area (Å²) >= 11 is 0. The van der Waals surface area contributed by atoms with Crippen molar-refractivity contribution in [3.63, 3.8) is 0 Å². The maximum atomic E-state index is 11.6. The molecule has 1 amide bonds. The van der Waals surface area contributed by atoms with Gasteiger partial charge < -0.3 is 10.1 Å². The Morgan fingerprint density at radius 3 is 3.00 bits per heavy atom. The zero-order chi connectivity index (χ0) is 12.7. The van der Waals surface area contributed by atoms with Gasteiger partial charge in [-0.25, -0.2) is 4.98 Å². The third-order valence-electron chi connectivity index (χ3n) is 1.83. The van der Waals surface area contributed by atoms with Gasteiger partial charge in [-0.2, -0.15) is 5.26 Å². The summed E-state index contributed by atoms with van der Waals surface area (Å²) in [6.45, 7) is 4.11. The van der Waals surface area contributed by atoms with Crippen molar-refractivity contribution in [2.24, 2.45) is 0 Å². The van der Waals surface area contributed by atoms with E-state index in [1.54, 1.807) is 18.2 Å². The lowest BCUT2D eigenvalue weighted by molar-refractivity contribution is 0.0947. The van der Waals surface area contributed by atoms with Gasteiger partial charge in [0, 0.05) is 12.6 Å². The third-order valence-corrected chi connectivity index (χ3v) is 1.83. The van der Waals surface area contributed by atoms with Crippen LogP contribution in [0.15, 0.2) is 18.2 Å². The number of rotatable bonds is 5. The van der Waals surface area contributed by atoms with Crippen LogP contribution < -0.4 is 10.1 Å². The van der Waals surface area contributed by atoms with E-state index in [4.69, 9.17) is 10.00 Å². The Morgan fingerprint density at radius 1 is 1.59 bits per heavy atom. The van der Waals surface area contributed by atoms with Crippen molar-refractivity contribution in [1.82, 2.24) is 10.3 Å². The number of carbonyl (C=O) groups is 1. The number of hydrogen-bond acceptors (Lipinski definition) is 4. The van der Waals surface area contributed by atoms with Gasteiger partial charge in [-0.1, -0.05) is 6.07 Å². The first-order valence-corrected chi connectivity index (χ1v) is 5.42. The minimum absolute atomic E-state index is 0.0133. The predicted octanol–water partition coefficient (Wildman–Crippen LogP) is 1.51. The zero-order valence-electron chi connectivity index (χ0n) is 9.93. The highest BCUT2D eigenvalue weighted by Crippen LogP contribution is 2.09. The fourth-order valence-corrected chi connectivity index (χ4v) is 1.17. The molecule has 0 bridgehead atoms. The maximum Gasteiger partial charge on any atom is 0.270 e. The van der Waals surface area contributed by atoms with Crippen molar-refractivity contribution in [2.45, 2.75) is 26.4 Å². The van der Waals surface area contributed by atoms with Gasteiger partial charge in [0.2, 0.25) is 5.88 Å². The first-order valence-electron chi connectivity index (χ1n) is 5.42. The number of carbonyl (C=O) groups excluding carboxylic acids is 1. The van der Waals surface area contributed by atoms with Gasteiger partial charge in [0.25, 0.3) is 5.91 Å². The number of ether oxygens (including phenoxy) is 1. The molecule has 0 aliphatic heterocycles. The van der Waals surface area contributed by atoms with E-state index in [1.807, 2.05) is 19.9 Å². The third kappa shape index (κ3) is 4.51. The lowest BCUT2D eigenvalue weighted by atomic mass is 10.3. The molecule has 0 unspecified atom stereocenters. The Morgan fingerprint density at radius 2 is 2.35 bits per heavy atom. The van der Waals surface area contributed by atoms with Crippen molar-refractivity contribution in [2.75, 3.05) is 6.54 Å². The normalized spacial score (nSPS) is 9.76. The predicted molar refractivity (Wildman–Crippen MR) is 62.6 cm³/mol. The molecule has 0 atom stereocenters. The minimum Gasteiger partial charge on any atom is -0.475 e. The molecule has 0 fully saturated rings. The lowest BCUT2D eigenvalue weighted by Crippen LogP contribution is -2.25. The summed E-state index contributed by atoms with van der Waals surface area (Å²) in [6.07, 6.45) is 0.299. The molecule has 0 spiro atoms. The second-order valence-corrected chi connectivity index (χ2v) is 3.69. The van der Waals surface area contributed by atoms with E-state index in [1.165, 1.54) is 0 Å². The SMILES string of the molecule is CC(C)Oc1cccc(C(=O)NCCC#N)n1. The number of nitrogens with one attached hydrogen (secondary N) is 1. The van der Waals surface area contributed by atoms with Crippen LogP contribution in [0, 0.1) is 11.3 Å². The summed E-state index contributed by atoms with van der Waals surface area (Å²) in [6, 6.07) is 6.97. The topological polar surface area (TPSA) is 75.0 Å². The Hall–Kier alpha value is -2.09. The van der Waals surface area contributed by atoms with Gasteiger partial charge in [-0.05, 0) is 19.9 Å². The van der Waals surface area contributed by atoms with E-state index in [2.05, 4.69) is 10.3 Å². The molecule has 1 aromatic heterocycles.